The standard InChI is InChI=1S/C17H18BrNO/c18-15-8-4-3-7-14(15)16(20)17(11-19)9-12-5-1-2-6-13(12)10-17/h1-8,16,20H,9-11,19H2. The van der Waals surface area contributed by atoms with Gasteiger partial charge in [0.05, 0.1) is 6.10 Å². The topological polar surface area (TPSA) is 46.2 Å². The minimum Gasteiger partial charge on any atom is -0.388 e. The van der Waals surface area contributed by atoms with Crippen LogP contribution in [0.2, 0.25) is 0 Å². The van der Waals surface area contributed by atoms with Crippen molar-refractivity contribution < 1.29 is 5.11 Å². The number of hydrogen-bond acceptors (Lipinski definition) is 2. The minimum absolute atomic E-state index is 0.298. The average molecular weight is 332 g/mol. The highest BCUT2D eigenvalue weighted by molar-refractivity contribution is 9.10. The first kappa shape index (κ1) is 13.8. The third-order valence-electron chi connectivity index (χ3n) is 4.39. The lowest BCUT2D eigenvalue weighted by Crippen LogP contribution is -2.37. The van der Waals surface area contributed by atoms with Crippen molar-refractivity contribution in [1.29, 1.82) is 0 Å². The first-order valence-corrected chi connectivity index (χ1v) is 7.65. The molecule has 0 radical (unpaired) electrons. The van der Waals surface area contributed by atoms with E-state index in [1.165, 1.54) is 11.1 Å². The van der Waals surface area contributed by atoms with Gasteiger partial charge in [0.15, 0.2) is 0 Å². The summed E-state index contributed by atoms with van der Waals surface area (Å²) >= 11 is 3.53. The summed E-state index contributed by atoms with van der Waals surface area (Å²) in [5.41, 5.74) is 9.30. The van der Waals surface area contributed by atoms with Crippen molar-refractivity contribution in [3.05, 3.63) is 69.7 Å². The van der Waals surface area contributed by atoms with E-state index < -0.39 is 6.10 Å². The molecule has 0 spiro atoms. The van der Waals surface area contributed by atoms with Gasteiger partial charge < -0.3 is 10.8 Å². The van der Waals surface area contributed by atoms with E-state index in [9.17, 15) is 5.11 Å². The molecule has 2 aromatic rings. The second-order valence-electron chi connectivity index (χ2n) is 5.61. The Labute approximate surface area is 127 Å². The molecule has 0 amide bonds. The van der Waals surface area contributed by atoms with Gasteiger partial charge in [-0.2, -0.15) is 0 Å². The van der Waals surface area contributed by atoms with Gasteiger partial charge in [-0.1, -0.05) is 58.4 Å². The monoisotopic (exact) mass is 331 g/mol. The highest BCUT2D eigenvalue weighted by Crippen LogP contribution is 2.46. The predicted octanol–water partition coefficient (Wildman–Crippen LogP) is 3.23. The van der Waals surface area contributed by atoms with Crippen LogP contribution >= 0.6 is 15.9 Å². The Balaban J connectivity index is 1.98. The summed E-state index contributed by atoms with van der Waals surface area (Å²) in [7, 11) is 0. The Morgan fingerprint density at radius 3 is 2.15 bits per heavy atom. The average Bonchev–Trinajstić information content (AvgIpc) is 2.87. The number of aliphatic hydroxyl groups excluding tert-OH is 1. The summed E-state index contributed by atoms with van der Waals surface area (Å²) in [5.74, 6) is 0. The van der Waals surface area contributed by atoms with Gasteiger partial charge in [0.2, 0.25) is 0 Å². The Morgan fingerprint density at radius 2 is 1.60 bits per heavy atom. The molecule has 0 saturated carbocycles. The summed E-state index contributed by atoms with van der Waals surface area (Å²) < 4.78 is 0.941. The quantitative estimate of drug-likeness (QED) is 0.907. The second kappa shape index (κ2) is 5.32. The van der Waals surface area contributed by atoms with E-state index in [4.69, 9.17) is 5.73 Å². The normalized spacial score (nSPS) is 17.8. The molecule has 1 atom stereocenters. The molecule has 0 fully saturated rings. The maximum absolute atomic E-state index is 10.9. The number of aliphatic hydroxyl groups is 1. The maximum atomic E-state index is 10.9. The molecule has 0 bridgehead atoms. The summed E-state index contributed by atoms with van der Waals surface area (Å²) in [6.45, 7) is 0.476. The van der Waals surface area contributed by atoms with Crippen LogP contribution in [-0.2, 0) is 12.8 Å². The van der Waals surface area contributed by atoms with E-state index in [1.807, 2.05) is 24.3 Å². The number of halogens is 1. The molecule has 1 aliphatic rings. The van der Waals surface area contributed by atoms with Gasteiger partial charge in [0.1, 0.15) is 0 Å². The van der Waals surface area contributed by atoms with Gasteiger partial charge in [-0.3, -0.25) is 0 Å². The van der Waals surface area contributed by atoms with Crippen LogP contribution in [0.5, 0.6) is 0 Å². The molecule has 0 heterocycles. The van der Waals surface area contributed by atoms with Crippen molar-refractivity contribution in [2.75, 3.05) is 6.54 Å². The molecule has 20 heavy (non-hydrogen) atoms. The molecule has 1 unspecified atom stereocenters. The molecule has 1 aliphatic carbocycles. The van der Waals surface area contributed by atoms with Crippen molar-refractivity contribution >= 4 is 15.9 Å². The van der Waals surface area contributed by atoms with Crippen LogP contribution in [0, 0.1) is 5.41 Å². The third kappa shape index (κ3) is 2.20. The Morgan fingerprint density at radius 1 is 1.05 bits per heavy atom. The Hall–Kier alpha value is -1.16. The summed E-state index contributed by atoms with van der Waals surface area (Å²) in [4.78, 5) is 0. The first-order valence-electron chi connectivity index (χ1n) is 6.86. The van der Waals surface area contributed by atoms with Gasteiger partial charge in [-0.15, -0.1) is 0 Å². The molecule has 2 nitrogen and oxygen atoms in total. The number of rotatable bonds is 3. The van der Waals surface area contributed by atoms with Gasteiger partial charge in [-0.05, 0) is 35.6 Å². The van der Waals surface area contributed by atoms with Crippen LogP contribution in [0.15, 0.2) is 53.0 Å². The molecule has 3 heteroatoms. The van der Waals surface area contributed by atoms with Crippen molar-refractivity contribution in [2.45, 2.75) is 18.9 Å². The van der Waals surface area contributed by atoms with Crippen molar-refractivity contribution in [2.24, 2.45) is 11.1 Å². The lowest BCUT2D eigenvalue weighted by Gasteiger charge is -2.33. The Bertz CT molecular complexity index is 601. The van der Waals surface area contributed by atoms with Crippen LogP contribution in [0.4, 0.5) is 0 Å². The molecular weight excluding hydrogens is 314 g/mol. The fourth-order valence-electron chi connectivity index (χ4n) is 3.20. The van der Waals surface area contributed by atoms with E-state index in [0.717, 1.165) is 22.9 Å². The van der Waals surface area contributed by atoms with E-state index in [1.54, 1.807) is 0 Å². The predicted molar refractivity (Wildman–Crippen MR) is 84.4 cm³/mol. The van der Waals surface area contributed by atoms with Crippen molar-refractivity contribution in [1.82, 2.24) is 0 Å². The van der Waals surface area contributed by atoms with Crippen LogP contribution in [0.1, 0.15) is 22.8 Å². The van der Waals surface area contributed by atoms with Crippen LogP contribution in [0.25, 0.3) is 0 Å². The summed E-state index contributed by atoms with van der Waals surface area (Å²) in [6, 6.07) is 16.2. The zero-order valence-corrected chi connectivity index (χ0v) is 12.8. The van der Waals surface area contributed by atoms with Crippen LogP contribution < -0.4 is 5.73 Å². The lowest BCUT2D eigenvalue weighted by molar-refractivity contribution is 0.0352. The van der Waals surface area contributed by atoms with E-state index >= 15 is 0 Å². The fourth-order valence-corrected chi connectivity index (χ4v) is 3.70. The summed E-state index contributed by atoms with van der Waals surface area (Å²) in [5, 5.41) is 10.9. The molecule has 0 aliphatic heterocycles. The Kier molecular flexibility index (Phi) is 3.67. The molecule has 3 rings (SSSR count). The van der Waals surface area contributed by atoms with Crippen LogP contribution in [0.3, 0.4) is 0 Å². The number of nitrogens with two attached hydrogens (primary N) is 1. The molecule has 3 N–H and O–H groups in total. The largest absolute Gasteiger partial charge is 0.388 e. The fraction of sp³-hybridized carbons (Fsp3) is 0.294. The molecule has 0 saturated heterocycles. The van der Waals surface area contributed by atoms with Gasteiger partial charge in [0, 0.05) is 16.4 Å². The van der Waals surface area contributed by atoms with Crippen LogP contribution in [-0.4, -0.2) is 11.7 Å². The smallest absolute Gasteiger partial charge is 0.0875 e. The zero-order valence-electron chi connectivity index (χ0n) is 11.2. The third-order valence-corrected chi connectivity index (χ3v) is 5.11. The SMILES string of the molecule is NCC1(C(O)c2ccccc2Br)Cc2ccccc2C1. The lowest BCUT2D eigenvalue weighted by atomic mass is 9.76. The highest BCUT2D eigenvalue weighted by Gasteiger charge is 2.43. The zero-order chi connectivity index (χ0) is 14.2. The van der Waals surface area contributed by atoms with Crippen molar-refractivity contribution in [3.63, 3.8) is 0 Å². The summed E-state index contributed by atoms with van der Waals surface area (Å²) in [6.07, 6.45) is 1.11. The number of hydrogen-bond donors (Lipinski definition) is 2. The molecule has 0 aromatic heterocycles. The highest BCUT2D eigenvalue weighted by atomic mass is 79.9. The molecular formula is C17H18BrNO. The first-order chi connectivity index (χ1) is 9.66. The molecule has 2 aromatic carbocycles. The van der Waals surface area contributed by atoms with E-state index in [2.05, 4.69) is 40.2 Å². The number of benzene rings is 2. The van der Waals surface area contributed by atoms with E-state index in [-0.39, 0.29) is 5.41 Å². The maximum Gasteiger partial charge on any atom is 0.0875 e. The van der Waals surface area contributed by atoms with Crippen molar-refractivity contribution in [3.8, 4) is 0 Å². The number of fused-ring (bicyclic) bond motifs is 1. The minimum atomic E-state index is -0.560. The van der Waals surface area contributed by atoms with E-state index in [0.29, 0.717) is 6.54 Å². The van der Waals surface area contributed by atoms with Gasteiger partial charge >= 0.3 is 0 Å². The van der Waals surface area contributed by atoms with Gasteiger partial charge in [0.25, 0.3) is 0 Å². The second-order valence-corrected chi connectivity index (χ2v) is 6.47. The molecule has 104 valence electrons. The van der Waals surface area contributed by atoms with Gasteiger partial charge in [-0.25, -0.2) is 0 Å².